The Labute approximate surface area is 95.7 Å². The van der Waals surface area contributed by atoms with Gasteiger partial charge in [0.25, 0.3) is 0 Å². The van der Waals surface area contributed by atoms with Gasteiger partial charge in [0.05, 0.1) is 5.41 Å². The largest absolute Gasteiger partial charge is 0.481 e. The Balaban J connectivity index is 2.24. The lowest BCUT2D eigenvalue weighted by Crippen LogP contribution is -2.27. The Morgan fingerprint density at radius 3 is 2.12 bits per heavy atom. The second-order valence-electron chi connectivity index (χ2n) is 4.75. The molecule has 0 radical (unpaired) electrons. The predicted molar refractivity (Wildman–Crippen MR) is 59.3 cm³/mol. The molecule has 1 rings (SSSR count). The molecule has 1 saturated carbocycles. The van der Waals surface area contributed by atoms with E-state index in [0.29, 0.717) is 12.8 Å². The van der Waals surface area contributed by atoms with E-state index in [1.165, 1.54) is 0 Å². The minimum atomic E-state index is -0.770. The molecule has 4 heteroatoms. The average molecular weight is 228 g/mol. The third-order valence-corrected chi connectivity index (χ3v) is 3.56. The Morgan fingerprint density at radius 2 is 1.62 bits per heavy atom. The number of hydrogen-bond donors (Lipinski definition) is 2. The van der Waals surface area contributed by atoms with Crippen molar-refractivity contribution in [3.63, 3.8) is 0 Å². The fraction of sp³-hybridized carbons (Fsp3) is 0.833. The molecule has 0 aromatic rings. The van der Waals surface area contributed by atoms with Crippen molar-refractivity contribution in [1.82, 2.24) is 0 Å². The predicted octanol–water partition coefficient (Wildman–Crippen LogP) is 2.67. The normalized spacial score (nSPS) is 18.5. The summed E-state index contributed by atoms with van der Waals surface area (Å²) in [6, 6.07) is 0. The van der Waals surface area contributed by atoms with Crippen LogP contribution >= 0.6 is 0 Å². The van der Waals surface area contributed by atoms with Gasteiger partial charge in [0.15, 0.2) is 0 Å². The Kier molecular flexibility index (Phi) is 4.77. The molecule has 4 nitrogen and oxygen atoms in total. The van der Waals surface area contributed by atoms with Gasteiger partial charge in [0.2, 0.25) is 0 Å². The first kappa shape index (κ1) is 13.0. The lowest BCUT2D eigenvalue weighted by atomic mass is 9.81. The van der Waals surface area contributed by atoms with E-state index in [1.807, 2.05) is 0 Å². The maximum absolute atomic E-state index is 11.2. The highest BCUT2D eigenvalue weighted by atomic mass is 16.4. The molecular formula is C12H20O4. The Hall–Kier alpha value is -1.06. The first-order valence-electron chi connectivity index (χ1n) is 6.02. The van der Waals surface area contributed by atoms with Gasteiger partial charge in [-0.3, -0.25) is 9.59 Å². The molecule has 0 aromatic heterocycles. The van der Waals surface area contributed by atoms with Crippen molar-refractivity contribution in [2.45, 2.75) is 57.8 Å². The minimum Gasteiger partial charge on any atom is -0.481 e. The summed E-state index contributed by atoms with van der Waals surface area (Å²) in [4.78, 5) is 21.5. The van der Waals surface area contributed by atoms with Crippen LogP contribution < -0.4 is 0 Å². The van der Waals surface area contributed by atoms with Gasteiger partial charge in [-0.2, -0.15) is 0 Å². The molecule has 0 unspecified atom stereocenters. The van der Waals surface area contributed by atoms with E-state index in [2.05, 4.69) is 0 Å². The molecule has 0 heterocycles. The molecule has 0 saturated heterocycles. The maximum Gasteiger partial charge on any atom is 0.309 e. The molecule has 1 fully saturated rings. The summed E-state index contributed by atoms with van der Waals surface area (Å²) in [5.41, 5.74) is -0.497. The SMILES string of the molecule is O=C(O)CCCCCC1(C(=O)O)CCCC1. The van der Waals surface area contributed by atoms with Crippen molar-refractivity contribution in [1.29, 1.82) is 0 Å². The Morgan fingerprint density at radius 1 is 1.00 bits per heavy atom. The van der Waals surface area contributed by atoms with Gasteiger partial charge in [-0.25, -0.2) is 0 Å². The highest BCUT2D eigenvalue weighted by Gasteiger charge is 2.40. The summed E-state index contributed by atoms with van der Waals surface area (Å²) in [5.74, 6) is -1.43. The highest BCUT2D eigenvalue weighted by Crippen LogP contribution is 2.42. The van der Waals surface area contributed by atoms with Gasteiger partial charge in [-0.1, -0.05) is 25.7 Å². The van der Waals surface area contributed by atoms with Crippen LogP contribution in [0.5, 0.6) is 0 Å². The van der Waals surface area contributed by atoms with Crippen LogP contribution in [0.3, 0.4) is 0 Å². The van der Waals surface area contributed by atoms with Gasteiger partial charge >= 0.3 is 11.9 Å². The van der Waals surface area contributed by atoms with Crippen molar-refractivity contribution in [3.05, 3.63) is 0 Å². The molecule has 92 valence electrons. The van der Waals surface area contributed by atoms with Crippen molar-refractivity contribution in [2.24, 2.45) is 5.41 Å². The standard InChI is InChI=1S/C12H20O4/c13-10(14)6-2-1-3-7-12(11(15)16)8-4-5-9-12/h1-9H2,(H,13,14)(H,15,16). The molecule has 0 aromatic carbocycles. The number of aliphatic carboxylic acids is 2. The highest BCUT2D eigenvalue weighted by molar-refractivity contribution is 5.74. The summed E-state index contributed by atoms with van der Waals surface area (Å²) in [7, 11) is 0. The van der Waals surface area contributed by atoms with Crippen LogP contribution in [0.15, 0.2) is 0 Å². The molecule has 0 aliphatic heterocycles. The molecular weight excluding hydrogens is 208 g/mol. The molecule has 0 spiro atoms. The summed E-state index contributed by atoms with van der Waals surface area (Å²) < 4.78 is 0. The van der Waals surface area contributed by atoms with Gasteiger partial charge in [0.1, 0.15) is 0 Å². The van der Waals surface area contributed by atoms with E-state index in [4.69, 9.17) is 5.11 Å². The lowest BCUT2D eigenvalue weighted by molar-refractivity contribution is -0.149. The van der Waals surface area contributed by atoms with Crippen LogP contribution in [0.4, 0.5) is 0 Å². The third kappa shape index (κ3) is 3.51. The average Bonchev–Trinajstić information content (AvgIpc) is 2.66. The minimum absolute atomic E-state index is 0.195. The number of carboxylic acid groups (broad SMARTS) is 2. The van der Waals surface area contributed by atoms with E-state index in [-0.39, 0.29) is 6.42 Å². The fourth-order valence-electron chi connectivity index (χ4n) is 2.54. The first-order chi connectivity index (χ1) is 7.57. The van der Waals surface area contributed by atoms with Crippen LogP contribution in [0.25, 0.3) is 0 Å². The third-order valence-electron chi connectivity index (χ3n) is 3.56. The Bertz CT molecular complexity index is 254. The molecule has 0 amide bonds. The van der Waals surface area contributed by atoms with E-state index in [9.17, 15) is 14.7 Å². The van der Waals surface area contributed by atoms with E-state index in [0.717, 1.165) is 38.5 Å². The molecule has 1 aliphatic carbocycles. The molecule has 2 N–H and O–H groups in total. The molecule has 0 atom stereocenters. The van der Waals surface area contributed by atoms with Crippen molar-refractivity contribution in [2.75, 3.05) is 0 Å². The summed E-state index contributed by atoms with van der Waals surface area (Å²) in [5, 5.41) is 17.7. The zero-order valence-electron chi connectivity index (χ0n) is 9.57. The van der Waals surface area contributed by atoms with Gasteiger partial charge in [0, 0.05) is 6.42 Å². The number of rotatable bonds is 7. The number of carboxylic acids is 2. The van der Waals surface area contributed by atoms with Crippen LogP contribution in [0.2, 0.25) is 0 Å². The second-order valence-corrected chi connectivity index (χ2v) is 4.75. The monoisotopic (exact) mass is 228 g/mol. The van der Waals surface area contributed by atoms with Crippen LogP contribution in [0.1, 0.15) is 57.8 Å². The fourth-order valence-corrected chi connectivity index (χ4v) is 2.54. The van der Waals surface area contributed by atoms with Crippen molar-refractivity contribution >= 4 is 11.9 Å². The van der Waals surface area contributed by atoms with Gasteiger partial charge in [-0.15, -0.1) is 0 Å². The number of hydrogen-bond acceptors (Lipinski definition) is 2. The van der Waals surface area contributed by atoms with Crippen LogP contribution in [-0.4, -0.2) is 22.2 Å². The number of carbonyl (C=O) groups is 2. The van der Waals surface area contributed by atoms with Crippen LogP contribution in [-0.2, 0) is 9.59 Å². The van der Waals surface area contributed by atoms with Crippen molar-refractivity contribution < 1.29 is 19.8 Å². The number of unbranched alkanes of at least 4 members (excludes halogenated alkanes) is 2. The maximum atomic E-state index is 11.2. The first-order valence-corrected chi connectivity index (χ1v) is 6.02. The lowest BCUT2D eigenvalue weighted by Gasteiger charge is -2.23. The topological polar surface area (TPSA) is 74.6 Å². The van der Waals surface area contributed by atoms with E-state index in [1.54, 1.807) is 0 Å². The zero-order chi connectivity index (χ0) is 12.0. The zero-order valence-corrected chi connectivity index (χ0v) is 9.57. The van der Waals surface area contributed by atoms with E-state index >= 15 is 0 Å². The molecule has 16 heavy (non-hydrogen) atoms. The van der Waals surface area contributed by atoms with Gasteiger partial charge in [-0.05, 0) is 25.7 Å². The molecule has 1 aliphatic rings. The van der Waals surface area contributed by atoms with Crippen LogP contribution in [0, 0.1) is 5.41 Å². The van der Waals surface area contributed by atoms with Crippen molar-refractivity contribution in [3.8, 4) is 0 Å². The summed E-state index contributed by atoms with van der Waals surface area (Å²) >= 11 is 0. The van der Waals surface area contributed by atoms with E-state index < -0.39 is 17.4 Å². The van der Waals surface area contributed by atoms with Gasteiger partial charge < -0.3 is 10.2 Å². The summed E-state index contributed by atoms with van der Waals surface area (Å²) in [6.07, 6.45) is 6.83. The molecule has 0 bridgehead atoms. The second kappa shape index (κ2) is 5.87. The summed E-state index contributed by atoms with van der Waals surface area (Å²) in [6.45, 7) is 0. The quantitative estimate of drug-likeness (QED) is 0.657. The smallest absolute Gasteiger partial charge is 0.309 e.